The van der Waals surface area contributed by atoms with Gasteiger partial charge in [0.25, 0.3) is 0 Å². The fraction of sp³-hybridized carbons (Fsp3) is 0.333. The molecule has 0 atom stereocenters. The Bertz CT molecular complexity index is 466. The second kappa shape index (κ2) is 3.71. The van der Waals surface area contributed by atoms with Gasteiger partial charge in [0.2, 0.25) is 5.28 Å². The van der Waals surface area contributed by atoms with E-state index in [1.54, 1.807) is 11.3 Å². The van der Waals surface area contributed by atoms with Crippen LogP contribution in [0.5, 0.6) is 0 Å². The lowest BCUT2D eigenvalue weighted by Crippen LogP contribution is -2.00. The Morgan fingerprint density at radius 3 is 3.00 bits per heavy atom. The molecule has 0 saturated heterocycles. The smallest absolute Gasteiger partial charge is 0.224 e. The maximum absolute atomic E-state index is 5.83. The molecule has 0 bridgehead atoms. The average Bonchev–Trinajstić information content (AvgIpc) is 2.49. The van der Waals surface area contributed by atoms with Crippen LogP contribution in [-0.4, -0.2) is 16.5 Å². The van der Waals surface area contributed by atoms with E-state index in [9.17, 15) is 0 Å². The van der Waals surface area contributed by atoms with Gasteiger partial charge in [0.05, 0.1) is 10.2 Å². The second-order valence-electron chi connectivity index (χ2n) is 2.97. The van der Waals surface area contributed by atoms with E-state index < -0.39 is 0 Å². The number of hydrogen-bond acceptors (Lipinski definition) is 4. The second-order valence-corrected chi connectivity index (χ2v) is 4.19. The number of halogens is 1. The Balaban J connectivity index is 2.68. The summed E-state index contributed by atoms with van der Waals surface area (Å²) in [5.41, 5.74) is 2.10. The van der Waals surface area contributed by atoms with Crippen molar-refractivity contribution in [2.45, 2.75) is 13.8 Å². The molecule has 0 radical (unpaired) electrons. The molecule has 2 rings (SSSR count). The van der Waals surface area contributed by atoms with E-state index in [4.69, 9.17) is 11.6 Å². The molecule has 5 heteroatoms. The molecule has 3 nitrogen and oxygen atoms in total. The molecule has 0 aliphatic carbocycles. The number of fused-ring (bicyclic) bond motifs is 1. The summed E-state index contributed by atoms with van der Waals surface area (Å²) in [7, 11) is 0. The number of hydrogen-bond donors (Lipinski definition) is 1. The highest BCUT2D eigenvalue weighted by atomic mass is 35.5. The van der Waals surface area contributed by atoms with Gasteiger partial charge in [-0.25, -0.2) is 4.98 Å². The zero-order valence-corrected chi connectivity index (χ0v) is 9.54. The van der Waals surface area contributed by atoms with E-state index in [1.165, 1.54) is 0 Å². The highest BCUT2D eigenvalue weighted by molar-refractivity contribution is 7.18. The van der Waals surface area contributed by atoms with Gasteiger partial charge in [-0.05, 0) is 36.4 Å². The van der Waals surface area contributed by atoms with E-state index in [0.717, 1.165) is 28.1 Å². The minimum atomic E-state index is 0.301. The fourth-order valence-corrected chi connectivity index (χ4v) is 2.42. The van der Waals surface area contributed by atoms with Crippen molar-refractivity contribution in [2.75, 3.05) is 11.9 Å². The van der Waals surface area contributed by atoms with Crippen molar-refractivity contribution >= 4 is 39.0 Å². The average molecular weight is 228 g/mol. The summed E-state index contributed by atoms with van der Waals surface area (Å²) in [4.78, 5) is 8.36. The molecule has 0 aliphatic rings. The van der Waals surface area contributed by atoms with Crippen LogP contribution in [0.15, 0.2) is 5.38 Å². The molecule has 0 fully saturated rings. The Morgan fingerprint density at radius 2 is 2.29 bits per heavy atom. The first-order valence-corrected chi connectivity index (χ1v) is 5.63. The summed E-state index contributed by atoms with van der Waals surface area (Å²) in [6, 6.07) is 0. The van der Waals surface area contributed by atoms with Gasteiger partial charge in [-0.1, -0.05) is 0 Å². The molecule has 0 aliphatic heterocycles. The number of aryl methyl sites for hydroxylation is 1. The molecule has 2 aromatic heterocycles. The van der Waals surface area contributed by atoms with Gasteiger partial charge < -0.3 is 5.32 Å². The van der Waals surface area contributed by atoms with Gasteiger partial charge in [-0.15, -0.1) is 11.3 Å². The summed E-state index contributed by atoms with van der Waals surface area (Å²) in [6.07, 6.45) is 0. The lowest BCUT2D eigenvalue weighted by molar-refractivity contribution is 1.14. The van der Waals surface area contributed by atoms with Crippen LogP contribution in [0.1, 0.15) is 12.5 Å². The molecule has 0 unspecified atom stereocenters. The van der Waals surface area contributed by atoms with Crippen LogP contribution in [0, 0.1) is 6.92 Å². The monoisotopic (exact) mass is 227 g/mol. The van der Waals surface area contributed by atoms with E-state index in [0.29, 0.717) is 5.28 Å². The van der Waals surface area contributed by atoms with Gasteiger partial charge in [-0.3, -0.25) is 0 Å². The van der Waals surface area contributed by atoms with Crippen LogP contribution in [0.25, 0.3) is 10.2 Å². The molecule has 0 spiro atoms. The molecular weight excluding hydrogens is 218 g/mol. The van der Waals surface area contributed by atoms with Gasteiger partial charge in [0.1, 0.15) is 5.82 Å². The first-order chi connectivity index (χ1) is 6.72. The first kappa shape index (κ1) is 9.68. The summed E-state index contributed by atoms with van der Waals surface area (Å²) in [6.45, 7) is 4.89. The number of nitrogens with zero attached hydrogens (tertiary/aromatic N) is 2. The standard InChI is InChI=1S/C9H10ClN3S/c1-3-11-8-7-6(5(2)4-14-7)12-9(10)13-8/h4H,3H2,1-2H3,(H,11,12,13). The zero-order chi connectivity index (χ0) is 10.1. The van der Waals surface area contributed by atoms with E-state index in [-0.39, 0.29) is 0 Å². The number of aromatic nitrogens is 2. The molecule has 1 N–H and O–H groups in total. The molecule has 0 aromatic carbocycles. The molecule has 2 aromatic rings. The van der Waals surface area contributed by atoms with Crippen LogP contribution < -0.4 is 5.32 Å². The zero-order valence-electron chi connectivity index (χ0n) is 7.97. The Morgan fingerprint density at radius 1 is 1.50 bits per heavy atom. The van der Waals surface area contributed by atoms with Crippen molar-refractivity contribution in [1.82, 2.24) is 9.97 Å². The third-order valence-corrected chi connectivity index (χ3v) is 3.17. The largest absolute Gasteiger partial charge is 0.369 e. The van der Waals surface area contributed by atoms with Crippen molar-refractivity contribution in [3.05, 3.63) is 16.2 Å². The molecule has 0 saturated carbocycles. The topological polar surface area (TPSA) is 37.8 Å². The maximum atomic E-state index is 5.83. The van der Waals surface area contributed by atoms with Gasteiger partial charge in [-0.2, -0.15) is 4.98 Å². The lowest BCUT2D eigenvalue weighted by Gasteiger charge is -2.03. The number of nitrogens with one attached hydrogen (secondary N) is 1. The maximum Gasteiger partial charge on any atom is 0.224 e. The Hall–Kier alpha value is -0.870. The molecular formula is C9H10ClN3S. The van der Waals surface area contributed by atoms with Crippen LogP contribution in [0.4, 0.5) is 5.82 Å². The quantitative estimate of drug-likeness (QED) is 0.802. The minimum Gasteiger partial charge on any atom is -0.369 e. The number of thiophene rings is 1. The van der Waals surface area contributed by atoms with Gasteiger partial charge in [0, 0.05) is 6.54 Å². The highest BCUT2D eigenvalue weighted by Crippen LogP contribution is 2.30. The van der Waals surface area contributed by atoms with Crippen LogP contribution in [0.3, 0.4) is 0 Å². The SMILES string of the molecule is CCNc1nc(Cl)nc2c(C)csc12. The Labute approximate surface area is 91.1 Å². The van der Waals surface area contributed by atoms with Gasteiger partial charge >= 0.3 is 0 Å². The molecule has 2 heterocycles. The van der Waals surface area contributed by atoms with Crippen LogP contribution in [-0.2, 0) is 0 Å². The minimum absolute atomic E-state index is 0.301. The van der Waals surface area contributed by atoms with Crippen molar-refractivity contribution in [2.24, 2.45) is 0 Å². The third kappa shape index (κ3) is 1.55. The number of rotatable bonds is 2. The molecule has 0 amide bonds. The van der Waals surface area contributed by atoms with E-state index in [1.807, 2.05) is 13.8 Å². The summed E-state index contributed by atoms with van der Waals surface area (Å²) in [5.74, 6) is 0.834. The van der Waals surface area contributed by atoms with Crippen molar-refractivity contribution in [1.29, 1.82) is 0 Å². The summed E-state index contributed by atoms with van der Waals surface area (Å²) < 4.78 is 1.08. The van der Waals surface area contributed by atoms with E-state index in [2.05, 4.69) is 20.7 Å². The lowest BCUT2D eigenvalue weighted by atomic mass is 10.3. The fourth-order valence-electron chi connectivity index (χ4n) is 1.29. The van der Waals surface area contributed by atoms with Crippen molar-refractivity contribution in [3.8, 4) is 0 Å². The highest BCUT2D eigenvalue weighted by Gasteiger charge is 2.09. The van der Waals surface area contributed by atoms with Crippen molar-refractivity contribution in [3.63, 3.8) is 0 Å². The summed E-state index contributed by atoms with van der Waals surface area (Å²) >= 11 is 7.47. The van der Waals surface area contributed by atoms with Crippen molar-refractivity contribution < 1.29 is 0 Å². The first-order valence-electron chi connectivity index (χ1n) is 4.37. The predicted molar refractivity (Wildman–Crippen MR) is 61.3 cm³/mol. The predicted octanol–water partition coefficient (Wildman–Crippen LogP) is 3.08. The van der Waals surface area contributed by atoms with E-state index >= 15 is 0 Å². The third-order valence-electron chi connectivity index (χ3n) is 1.91. The van der Waals surface area contributed by atoms with Gasteiger partial charge in [0.15, 0.2) is 0 Å². The normalized spacial score (nSPS) is 10.8. The van der Waals surface area contributed by atoms with Crippen LogP contribution in [0.2, 0.25) is 5.28 Å². The number of anilines is 1. The van der Waals surface area contributed by atoms with Crippen LogP contribution >= 0.6 is 22.9 Å². The molecule has 14 heavy (non-hydrogen) atoms. The molecule has 74 valence electrons. The Kier molecular flexibility index (Phi) is 2.56. The summed E-state index contributed by atoms with van der Waals surface area (Å²) in [5, 5.41) is 5.55.